The summed E-state index contributed by atoms with van der Waals surface area (Å²) in [5.74, 6) is 0.450. The van der Waals surface area contributed by atoms with Crippen molar-refractivity contribution >= 4 is 18.5 Å². The molecule has 0 bridgehead atoms. The SMILES string of the molecule is CC(C)(CN)C(N)C(=O)NCCS. The number of carbonyl (C=O) groups is 1. The quantitative estimate of drug-likeness (QED) is 0.450. The second-order valence-electron chi connectivity index (χ2n) is 3.69. The average molecular weight is 205 g/mol. The number of nitrogens with one attached hydrogen (secondary N) is 1. The molecule has 1 atom stereocenters. The van der Waals surface area contributed by atoms with Crippen LogP contribution in [-0.2, 0) is 4.79 Å². The fourth-order valence-electron chi connectivity index (χ4n) is 0.771. The smallest absolute Gasteiger partial charge is 0.237 e. The van der Waals surface area contributed by atoms with E-state index in [0.717, 1.165) is 0 Å². The molecule has 1 unspecified atom stereocenters. The normalized spacial score (nSPS) is 13.9. The highest BCUT2D eigenvalue weighted by Gasteiger charge is 2.30. The summed E-state index contributed by atoms with van der Waals surface area (Å²) < 4.78 is 0. The molecule has 13 heavy (non-hydrogen) atoms. The summed E-state index contributed by atoms with van der Waals surface area (Å²) >= 11 is 3.98. The minimum atomic E-state index is -0.558. The van der Waals surface area contributed by atoms with Crippen molar-refractivity contribution in [2.24, 2.45) is 16.9 Å². The highest BCUT2D eigenvalue weighted by atomic mass is 32.1. The molecular weight excluding hydrogens is 186 g/mol. The molecule has 78 valence electrons. The van der Waals surface area contributed by atoms with Gasteiger partial charge in [-0.1, -0.05) is 13.8 Å². The van der Waals surface area contributed by atoms with Crippen LogP contribution in [0, 0.1) is 5.41 Å². The Morgan fingerprint density at radius 3 is 2.54 bits per heavy atom. The van der Waals surface area contributed by atoms with E-state index in [2.05, 4.69) is 17.9 Å². The van der Waals surface area contributed by atoms with Gasteiger partial charge in [-0.3, -0.25) is 4.79 Å². The van der Waals surface area contributed by atoms with E-state index in [1.54, 1.807) is 0 Å². The van der Waals surface area contributed by atoms with E-state index in [1.807, 2.05) is 13.8 Å². The lowest BCUT2D eigenvalue weighted by molar-refractivity contribution is -0.124. The van der Waals surface area contributed by atoms with Crippen molar-refractivity contribution in [1.29, 1.82) is 0 Å². The Labute approximate surface area is 84.8 Å². The summed E-state index contributed by atoms with van der Waals surface area (Å²) in [6, 6.07) is -0.558. The molecule has 0 aromatic rings. The standard InChI is InChI=1S/C8H19N3OS/c1-8(2,5-9)6(10)7(12)11-3-4-13/h6,13H,3-5,9-10H2,1-2H3,(H,11,12). The number of thiol groups is 1. The molecule has 0 heterocycles. The highest BCUT2D eigenvalue weighted by molar-refractivity contribution is 7.80. The zero-order chi connectivity index (χ0) is 10.5. The Balaban J connectivity index is 4.09. The number of carbonyl (C=O) groups excluding carboxylic acids is 1. The van der Waals surface area contributed by atoms with Crippen LogP contribution in [0.3, 0.4) is 0 Å². The number of amides is 1. The maximum Gasteiger partial charge on any atom is 0.237 e. The minimum Gasteiger partial charge on any atom is -0.354 e. The summed E-state index contributed by atoms with van der Waals surface area (Å²) in [5.41, 5.74) is 10.9. The lowest BCUT2D eigenvalue weighted by atomic mass is 9.84. The summed E-state index contributed by atoms with van der Waals surface area (Å²) in [7, 11) is 0. The van der Waals surface area contributed by atoms with Crippen LogP contribution >= 0.6 is 12.6 Å². The zero-order valence-corrected chi connectivity index (χ0v) is 9.10. The van der Waals surface area contributed by atoms with E-state index in [-0.39, 0.29) is 11.3 Å². The van der Waals surface area contributed by atoms with E-state index in [9.17, 15) is 4.79 Å². The van der Waals surface area contributed by atoms with Gasteiger partial charge in [0.25, 0.3) is 0 Å². The van der Waals surface area contributed by atoms with E-state index in [0.29, 0.717) is 18.8 Å². The second kappa shape index (κ2) is 5.47. The zero-order valence-electron chi connectivity index (χ0n) is 8.21. The molecule has 0 spiro atoms. The van der Waals surface area contributed by atoms with Gasteiger partial charge in [0.05, 0.1) is 6.04 Å². The lowest BCUT2D eigenvalue weighted by Gasteiger charge is -2.28. The molecule has 0 aromatic carbocycles. The van der Waals surface area contributed by atoms with Crippen molar-refractivity contribution in [2.45, 2.75) is 19.9 Å². The summed E-state index contributed by atoms with van der Waals surface area (Å²) in [6.07, 6.45) is 0. The molecule has 5 N–H and O–H groups in total. The maximum absolute atomic E-state index is 11.4. The van der Waals surface area contributed by atoms with Gasteiger partial charge in [0.1, 0.15) is 0 Å². The summed E-state index contributed by atoms with van der Waals surface area (Å²) in [5, 5.41) is 2.68. The Morgan fingerprint density at radius 2 is 2.15 bits per heavy atom. The van der Waals surface area contributed by atoms with Gasteiger partial charge in [0.15, 0.2) is 0 Å². The molecule has 0 saturated carbocycles. The third-order valence-corrected chi connectivity index (χ3v) is 2.29. The average Bonchev–Trinajstić information content (AvgIpc) is 2.12. The van der Waals surface area contributed by atoms with Crippen molar-refractivity contribution in [2.75, 3.05) is 18.8 Å². The molecule has 0 aromatic heterocycles. The Kier molecular flexibility index (Phi) is 5.36. The first-order chi connectivity index (χ1) is 5.95. The van der Waals surface area contributed by atoms with Gasteiger partial charge in [-0.05, 0) is 6.54 Å². The van der Waals surface area contributed by atoms with E-state index >= 15 is 0 Å². The van der Waals surface area contributed by atoms with Crippen molar-refractivity contribution in [3.05, 3.63) is 0 Å². The first-order valence-electron chi connectivity index (χ1n) is 4.30. The van der Waals surface area contributed by atoms with Crippen LogP contribution in [0.25, 0.3) is 0 Å². The Bertz CT molecular complexity index is 173. The molecule has 0 radical (unpaired) electrons. The molecule has 5 heteroatoms. The predicted molar refractivity (Wildman–Crippen MR) is 57.7 cm³/mol. The topological polar surface area (TPSA) is 81.1 Å². The van der Waals surface area contributed by atoms with Crippen LogP contribution in [0.15, 0.2) is 0 Å². The predicted octanol–water partition coefficient (Wildman–Crippen LogP) is -0.655. The fraction of sp³-hybridized carbons (Fsp3) is 0.875. The number of rotatable bonds is 5. The fourth-order valence-corrected chi connectivity index (χ4v) is 0.883. The van der Waals surface area contributed by atoms with Gasteiger partial charge in [-0.15, -0.1) is 0 Å². The van der Waals surface area contributed by atoms with Crippen molar-refractivity contribution < 1.29 is 4.79 Å². The molecule has 0 aliphatic heterocycles. The van der Waals surface area contributed by atoms with Gasteiger partial charge in [-0.25, -0.2) is 0 Å². The molecule has 0 aliphatic rings. The summed E-state index contributed by atoms with van der Waals surface area (Å²) in [6.45, 7) is 4.68. The van der Waals surface area contributed by atoms with Crippen molar-refractivity contribution in [3.8, 4) is 0 Å². The minimum absolute atomic E-state index is 0.162. The molecule has 0 aliphatic carbocycles. The third-order valence-electron chi connectivity index (χ3n) is 2.06. The Hall–Kier alpha value is -0.260. The maximum atomic E-state index is 11.4. The van der Waals surface area contributed by atoms with Crippen LogP contribution in [0.1, 0.15) is 13.8 Å². The number of hydrogen-bond acceptors (Lipinski definition) is 4. The Morgan fingerprint density at radius 1 is 1.62 bits per heavy atom. The van der Waals surface area contributed by atoms with Gasteiger partial charge in [-0.2, -0.15) is 12.6 Å². The molecule has 0 rings (SSSR count). The number of nitrogens with two attached hydrogens (primary N) is 2. The van der Waals surface area contributed by atoms with Crippen molar-refractivity contribution in [1.82, 2.24) is 5.32 Å². The molecule has 0 fully saturated rings. The van der Waals surface area contributed by atoms with Gasteiger partial charge in [0, 0.05) is 17.7 Å². The van der Waals surface area contributed by atoms with Gasteiger partial charge in [0.2, 0.25) is 5.91 Å². The number of hydrogen-bond donors (Lipinski definition) is 4. The second-order valence-corrected chi connectivity index (χ2v) is 4.13. The molecule has 4 nitrogen and oxygen atoms in total. The summed E-state index contributed by atoms with van der Waals surface area (Å²) in [4.78, 5) is 11.4. The molecular formula is C8H19N3OS. The highest BCUT2D eigenvalue weighted by Crippen LogP contribution is 2.16. The third kappa shape index (κ3) is 3.97. The van der Waals surface area contributed by atoms with Crippen LogP contribution in [0.4, 0.5) is 0 Å². The monoisotopic (exact) mass is 205 g/mol. The van der Waals surface area contributed by atoms with Crippen LogP contribution in [0.5, 0.6) is 0 Å². The van der Waals surface area contributed by atoms with Gasteiger partial charge < -0.3 is 16.8 Å². The largest absolute Gasteiger partial charge is 0.354 e. The first-order valence-corrected chi connectivity index (χ1v) is 4.93. The van der Waals surface area contributed by atoms with Crippen LogP contribution < -0.4 is 16.8 Å². The van der Waals surface area contributed by atoms with Crippen LogP contribution in [-0.4, -0.2) is 30.8 Å². The van der Waals surface area contributed by atoms with E-state index < -0.39 is 6.04 Å². The van der Waals surface area contributed by atoms with E-state index in [1.165, 1.54) is 0 Å². The van der Waals surface area contributed by atoms with Crippen molar-refractivity contribution in [3.63, 3.8) is 0 Å². The van der Waals surface area contributed by atoms with E-state index in [4.69, 9.17) is 11.5 Å². The lowest BCUT2D eigenvalue weighted by Crippen LogP contribution is -2.52. The first kappa shape index (κ1) is 12.7. The molecule has 1 amide bonds. The molecule has 0 saturated heterocycles. The van der Waals surface area contributed by atoms with Crippen LogP contribution in [0.2, 0.25) is 0 Å². The van der Waals surface area contributed by atoms with Gasteiger partial charge >= 0.3 is 0 Å².